The van der Waals surface area contributed by atoms with Crippen molar-refractivity contribution in [2.45, 2.75) is 197 Å². The maximum atomic E-state index is 12.0. The molecule has 0 N–H and O–H groups in total. The van der Waals surface area contributed by atoms with Gasteiger partial charge in [-0.05, 0) is 48.2 Å². The number of benzene rings is 2. The summed E-state index contributed by atoms with van der Waals surface area (Å²) < 4.78 is 15.7. The standard InChI is InChI=1S/C49H83N6O6/c1-10-17-20-21-22-23-24-25-26-27-32-53(46(16-7)39(9)38(8)13-4)52-45-35-48(60-36-40(14-5)28-18-11-2)44(34-49(45)61-37-41(15-6)29-19-12-3)51-50-43-31-30-42(54(56)57)33-47(43)55(58)59/h30-31,33-35,38-41,46H,10-29,32,36-37H2,1-9H3/q+1. The van der Waals surface area contributed by atoms with Crippen LogP contribution >= 0.6 is 0 Å². The molecule has 0 spiro atoms. The van der Waals surface area contributed by atoms with Crippen molar-refractivity contribution in [3.8, 4) is 11.5 Å². The largest absolute Gasteiger partial charge is 0.491 e. The number of azo groups is 3. The lowest BCUT2D eigenvalue weighted by Crippen LogP contribution is -2.34. The van der Waals surface area contributed by atoms with Crippen molar-refractivity contribution in [3.63, 3.8) is 0 Å². The summed E-state index contributed by atoms with van der Waals surface area (Å²) in [6.45, 7) is 22.1. The number of nitro groups is 2. The molecule has 0 saturated carbocycles. The van der Waals surface area contributed by atoms with Gasteiger partial charge in [0.05, 0.1) is 29.1 Å². The fourth-order valence-corrected chi connectivity index (χ4v) is 7.90. The van der Waals surface area contributed by atoms with Crippen LogP contribution in [0.25, 0.3) is 0 Å². The van der Waals surface area contributed by atoms with Crippen molar-refractivity contribution in [2.24, 2.45) is 39.0 Å². The summed E-state index contributed by atoms with van der Waals surface area (Å²) in [7, 11) is 0. The summed E-state index contributed by atoms with van der Waals surface area (Å²) in [5.74, 6) is 2.65. The zero-order valence-electron chi connectivity index (χ0n) is 39.7. The highest BCUT2D eigenvalue weighted by molar-refractivity contribution is 5.67. The lowest BCUT2D eigenvalue weighted by Gasteiger charge is -2.24. The smallest absolute Gasteiger partial charge is 0.303 e. The summed E-state index contributed by atoms with van der Waals surface area (Å²) >= 11 is 0. The normalized spacial score (nSPS) is 14.5. The van der Waals surface area contributed by atoms with E-state index in [-0.39, 0.29) is 11.7 Å². The number of nitro benzene ring substituents is 2. The first-order valence-corrected chi connectivity index (χ1v) is 24.2. The van der Waals surface area contributed by atoms with E-state index in [1.807, 2.05) is 12.1 Å². The summed E-state index contributed by atoms with van der Waals surface area (Å²) in [6.07, 6.45) is 23.2. The monoisotopic (exact) mass is 852 g/mol. The van der Waals surface area contributed by atoms with Crippen LogP contribution in [-0.4, -0.2) is 40.3 Å². The van der Waals surface area contributed by atoms with E-state index in [4.69, 9.17) is 14.6 Å². The minimum absolute atomic E-state index is 0.0923. The third-order valence-electron chi connectivity index (χ3n) is 12.6. The van der Waals surface area contributed by atoms with Crippen molar-refractivity contribution in [3.05, 3.63) is 50.6 Å². The molecule has 2 rings (SSSR count). The molecule has 0 fully saturated rings. The summed E-state index contributed by atoms with van der Waals surface area (Å²) in [4.78, 5) is 22.1. The Hall–Kier alpha value is -3.96. The highest BCUT2D eigenvalue weighted by atomic mass is 16.6. The van der Waals surface area contributed by atoms with Crippen molar-refractivity contribution in [1.29, 1.82) is 0 Å². The predicted octanol–water partition coefficient (Wildman–Crippen LogP) is 16.6. The molecule has 2 aromatic rings. The second-order valence-corrected chi connectivity index (χ2v) is 17.3. The van der Waals surface area contributed by atoms with Gasteiger partial charge in [0.1, 0.15) is 11.4 Å². The van der Waals surface area contributed by atoms with Crippen LogP contribution in [0.5, 0.6) is 11.5 Å². The van der Waals surface area contributed by atoms with Crippen molar-refractivity contribution in [2.75, 3.05) is 19.8 Å². The average molecular weight is 852 g/mol. The molecule has 0 saturated heterocycles. The topological polar surface area (TPSA) is 145 Å². The van der Waals surface area contributed by atoms with E-state index in [1.165, 1.54) is 63.5 Å². The Labute approximate surface area is 369 Å². The molecule has 344 valence electrons. The summed E-state index contributed by atoms with van der Waals surface area (Å²) in [5.41, 5.74) is 0.0432. The lowest BCUT2D eigenvalue weighted by atomic mass is 9.85. The Morgan fingerprint density at radius 2 is 1.08 bits per heavy atom. The maximum Gasteiger partial charge on any atom is 0.303 e. The van der Waals surface area contributed by atoms with Crippen molar-refractivity contribution >= 4 is 28.4 Å². The SMILES string of the molecule is CCCCCCCCCCCC[N+](=Nc1cc(OCC(CC)CCCC)c(N=Nc2ccc([N+](=O)[O-])cc2[N+](=O)[O-])cc1OCC(CC)CCCC)C(CC)C(C)C(C)CC. The minimum Gasteiger partial charge on any atom is -0.491 e. The first kappa shape index (κ1) is 53.2. The van der Waals surface area contributed by atoms with Crippen molar-refractivity contribution in [1.82, 2.24) is 0 Å². The molecule has 2 aromatic carbocycles. The molecular formula is C49H83N6O6+. The third kappa shape index (κ3) is 19.3. The highest BCUT2D eigenvalue weighted by Gasteiger charge is 2.32. The molecule has 0 bridgehead atoms. The van der Waals surface area contributed by atoms with Gasteiger partial charge < -0.3 is 9.47 Å². The van der Waals surface area contributed by atoms with Gasteiger partial charge in [-0.3, -0.25) is 20.2 Å². The van der Waals surface area contributed by atoms with Gasteiger partial charge in [-0.15, -0.1) is 14.9 Å². The number of non-ortho nitro benzene ring substituents is 1. The number of hydrogen-bond donors (Lipinski definition) is 0. The van der Waals surface area contributed by atoms with Crippen LogP contribution in [0, 0.1) is 43.9 Å². The van der Waals surface area contributed by atoms with Crippen LogP contribution in [0.3, 0.4) is 0 Å². The van der Waals surface area contributed by atoms with Gasteiger partial charge in [0.15, 0.2) is 29.7 Å². The molecule has 0 aliphatic rings. The number of hydrogen-bond acceptors (Lipinski definition) is 9. The van der Waals surface area contributed by atoms with E-state index in [1.54, 1.807) is 0 Å². The molecule has 0 aliphatic heterocycles. The number of unbranched alkanes of at least 4 members (excludes halogenated alkanes) is 11. The molecule has 5 unspecified atom stereocenters. The zero-order valence-corrected chi connectivity index (χ0v) is 39.7. The van der Waals surface area contributed by atoms with E-state index in [2.05, 4.69) is 77.2 Å². The molecule has 0 amide bonds. The molecule has 61 heavy (non-hydrogen) atoms. The summed E-state index contributed by atoms with van der Waals surface area (Å²) in [5, 5.41) is 37.8. The number of ether oxygens (including phenoxy) is 2. The Bertz CT molecular complexity index is 1620. The van der Waals surface area contributed by atoms with Gasteiger partial charge in [0, 0.05) is 37.0 Å². The lowest BCUT2D eigenvalue weighted by molar-refractivity contribution is -0.633. The fraction of sp³-hybridized carbons (Fsp3) is 0.755. The second-order valence-electron chi connectivity index (χ2n) is 17.3. The Morgan fingerprint density at radius 3 is 1.57 bits per heavy atom. The first-order valence-electron chi connectivity index (χ1n) is 24.2. The average Bonchev–Trinajstić information content (AvgIpc) is 3.26. The molecule has 0 aliphatic carbocycles. The molecule has 0 heterocycles. The number of rotatable bonds is 35. The van der Waals surface area contributed by atoms with Gasteiger partial charge in [-0.1, -0.05) is 159 Å². The van der Waals surface area contributed by atoms with Crippen LogP contribution in [0.1, 0.15) is 191 Å². The van der Waals surface area contributed by atoms with Crippen LogP contribution in [-0.2, 0) is 0 Å². The van der Waals surface area contributed by atoms with Crippen LogP contribution in [0.2, 0.25) is 0 Å². The molecular weight excluding hydrogens is 769 g/mol. The van der Waals surface area contributed by atoms with Gasteiger partial charge in [-0.2, -0.15) is 0 Å². The molecule has 12 nitrogen and oxygen atoms in total. The van der Waals surface area contributed by atoms with Gasteiger partial charge in [0.25, 0.3) is 5.69 Å². The molecule has 0 radical (unpaired) electrons. The van der Waals surface area contributed by atoms with E-state index in [0.717, 1.165) is 89.7 Å². The van der Waals surface area contributed by atoms with Gasteiger partial charge >= 0.3 is 5.69 Å². The second kappa shape index (κ2) is 31.0. The molecule has 5 atom stereocenters. The zero-order chi connectivity index (χ0) is 45.0. The van der Waals surface area contributed by atoms with Crippen LogP contribution in [0.15, 0.2) is 45.7 Å². The van der Waals surface area contributed by atoms with Gasteiger partial charge in [0.2, 0.25) is 0 Å². The molecule has 0 aromatic heterocycles. The maximum absolute atomic E-state index is 12.0. The van der Waals surface area contributed by atoms with E-state index < -0.39 is 21.2 Å². The van der Waals surface area contributed by atoms with E-state index >= 15 is 0 Å². The van der Waals surface area contributed by atoms with E-state index in [9.17, 15) is 20.2 Å². The van der Waals surface area contributed by atoms with Crippen LogP contribution < -0.4 is 9.47 Å². The Balaban J connectivity index is 2.77. The highest BCUT2D eigenvalue weighted by Crippen LogP contribution is 2.43. The van der Waals surface area contributed by atoms with Gasteiger partial charge in [-0.25, -0.2) is 0 Å². The Morgan fingerprint density at radius 1 is 0.574 bits per heavy atom. The first-order chi connectivity index (χ1) is 29.5. The van der Waals surface area contributed by atoms with Crippen molar-refractivity contribution < 1.29 is 24.0 Å². The minimum atomic E-state index is -0.677. The predicted molar refractivity (Wildman–Crippen MR) is 250 cm³/mol. The van der Waals surface area contributed by atoms with Crippen LogP contribution in [0.4, 0.5) is 28.4 Å². The quantitative estimate of drug-likeness (QED) is 0.0222. The third-order valence-corrected chi connectivity index (χ3v) is 12.6. The number of nitrogens with zero attached hydrogens (tertiary/aromatic N) is 6. The summed E-state index contributed by atoms with van der Waals surface area (Å²) in [6, 6.07) is 7.32. The molecule has 12 heteroatoms. The Kier molecular flexibility index (Phi) is 27.0. The van der Waals surface area contributed by atoms with E-state index in [0.29, 0.717) is 59.8 Å². The fourth-order valence-electron chi connectivity index (χ4n) is 7.90.